The minimum Gasteiger partial charge on any atom is -0.479 e. The third-order valence-corrected chi connectivity index (χ3v) is 3.80. The lowest BCUT2D eigenvalue weighted by molar-refractivity contribution is -0.151. The van der Waals surface area contributed by atoms with Crippen LogP contribution in [0.25, 0.3) is 11.3 Å². The molecule has 2 atom stereocenters. The van der Waals surface area contributed by atoms with Gasteiger partial charge in [-0.05, 0) is 30.7 Å². The zero-order valence-corrected chi connectivity index (χ0v) is 13.6. The maximum atomic E-state index is 11.3. The molecule has 122 valence electrons. The third-order valence-electron chi connectivity index (χ3n) is 3.80. The molecule has 2 rings (SSSR count). The number of ether oxygens (including phenoxy) is 1. The van der Waals surface area contributed by atoms with Crippen LogP contribution in [0.3, 0.4) is 0 Å². The van der Waals surface area contributed by atoms with Crippen molar-refractivity contribution in [2.75, 3.05) is 19.0 Å². The van der Waals surface area contributed by atoms with Crippen LogP contribution in [0.1, 0.15) is 25.3 Å². The highest BCUT2D eigenvalue weighted by Crippen LogP contribution is 2.25. The van der Waals surface area contributed by atoms with E-state index >= 15 is 0 Å². The van der Waals surface area contributed by atoms with Crippen molar-refractivity contribution in [1.29, 1.82) is 0 Å². The van der Waals surface area contributed by atoms with Crippen LogP contribution in [0.5, 0.6) is 0 Å². The van der Waals surface area contributed by atoms with Crippen LogP contribution in [0.15, 0.2) is 42.6 Å². The lowest BCUT2D eigenvalue weighted by atomic mass is 9.96. The van der Waals surface area contributed by atoms with Gasteiger partial charge >= 0.3 is 5.97 Å². The van der Waals surface area contributed by atoms with E-state index in [1.54, 1.807) is 13.1 Å². The molecular weight excluding hydrogens is 292 g/mol. The zero-order chi connectivity index (χ0) is 16.8. The highest BCUT2D eigenvalue weighted by atomic mass is 16.5. The first-order valence-corrected chi connectivity index (χ1v) is 7.65. The topological polar surface area (TPSA) is 71.5 Å². The van der Waals surface area contributed by atoms with E-state index in [-0.39, 0.29) is 5.92 Å². The Morgan fingerprint density at radius 2 is 2.13 bits per heavy atom. The van der Waals surface area contributed by atoms with E-state index in [2.05, 4.69) is 10.3 Å². The molecule has 1 unspecified atom stereocenters. The number of carboxylic acids is 1. The number of carbonyl (C=O) groups is 1. The molecule has 0 radical (unpaired) electrons. The van der Waals surface area contributed by atoms with E-state index in [0.717, 1.165) is 22.5 Å². The molecule has 0 aliphatic rings. The lowest BCUT2D eigenvalue weighted by Crippen LogP contribution is -2.29. The summed E-state index contributed by atoms with van der Waals surface area (Å²) in [7, 11) is 1.87. The smallest absolute Gasteiger partial charge is 0.333 e. The second-order valence-corrected chi connectivity index (χ2v) is 5.31. The van der Waals surface area contributed by atoms with Crippen molar-refractivity contribution in [3.8, 4) is 11.3 Å². The Labute approximate surface area is 136 Å². The number of nitrogens with one attached hydrogen (secondary N) is 1. The molecule has 0 bridgehead atoms. The molecule has 0 aliphatic heterocycles. The van der Waals surface area contributed by atoms with Gasteiger partial charge in [-0.1, -0.05) is 25.1 Å². The largest absolute Gasteiger partial charge is 0.479 e. The van der Waals surface area contributed by atoms with E-state index in [1.165, 1.54) is 0 Å². The summed E-state index contributed by atoms with van der Waals surface area (Å²) >= 11 is 0. The second-order valence-electron chi connectivity index (χ2n) is 5.31. The van der Waals surface area contributed by atoms with Crippen LogP contribution in [0, 0.1) is 0 Å². The molecule has 1 aromatic carbocycles. The maximum absolute atomic E-state index is 11.3. The van der Waals surface area contributed by atoms with Crippen LogP contribution in [0.4, 0.5) is 5.69 Å². The van der Waals surface area contributed by atoms with Crippen molar-refractivity contribution < 1.29 is 14.6 Å². The van der Waals surface area contributed by atoms with Gasteiger partial charge in [0.15, 0.2) is 6.10 Å². The van der Waals surface area contributed by atoms with Gasteiger partial charge < -0.3 is 15.2 Å². The maximum Gasteiger partial charge on any atom is 0.333 e. The molecular formula is C18H22N2O3. The molecule has 0 saturated carbocycles. The van der Waals surface area contributed by atoms with Crippen molar-refractivity contribution >= 4 is 11.7 Å². The quantitative estimate of drug-likeness (QED) is 0.819. The Kier molecular flexibility index (Phi) is 5.71. The number of anilines is 1. The van der Waals surface area contributed by atoms with Gasteiger partial charge in [0, 0.05) is 37.0 Å². The van der Waals surface area contributed by atoms with Gasteiger partial charge in [-0.15, -0.1) is 0 Å². The summed E-state index contributed by atoms with van der Waals surface area (Å²) in [6, 6.07) is 11.8. The lowest BCUT2D eigenvalue weighted by Gasteiger charge is -2.20. The molecule has 1 aromatic heterocycles. The fourth-order valence-electron chi connectivity index (χ4n) is 2.46. The zero-order valence-electron chi connectivity index (χ0n) is 13.6. The number of hydrogen-bond donors (Lipinski definition) is 2. The predicted octanol–water partition coefficient (Wildman–Crippen LogP) is 3.38. The third kappa shape index (κ3) is 4.07. The normalized spacial score (nSPS) is 13.3. The van der Waals surface area contributed by atoms with Crippen LogP contribution < -0.4 is 5.32 Å². The van der Waals surface area contributed by atoms with Gasteiger partial charge in [0.2, 0.25) is 0 Å². The van der Waals surface area contributed by atoms with Gasteiger partial charge in [0.05, 0.1) is 5.69 Å². The van der Waals surface area contributed by atoms with Crippen LogP contribution >= 0.6 is 0 Å². The van der Waals surface area contributed by atoms with E-state index in [9.17, 15) is 9.90 Å². The highest BCUT2D eigenvalue weighted by molar-refractivity contribution is 5.74. The van der Waals surface area contributed by atoms with Gasteiger partial charge in [0.25, 0.3) is 0 Å². The molecule has 0 saturated heterocycles. The average molecular weight is 314 g/mol. The monoisotopic (exact) mass is 314 g/mol. The summed E-state index contributed by atoms with van der Waals surface area (Å²) in [6.07, 6.45) is 0.862. The second kappa shape index (κ2) is 7.74. The fourth-order valence-corrected chi connectivity index (χ4v) is 2.46. The van der Waals surface area contributed by atoms with Crippen LogP contribution in [-0.2, 0) is 9.53 Å². The first-order chi connectivity index (χ1) is 11.1. The Morgan fingerprint density at radius 3 is 2.70 bits per heavy atom. The minimum atomic E-state index is -0.954. The number of benzene rings is 1. The SMILES string of the molecule is CCO[C@H](C(=O)O)C(C)c1ccc(-c2cccc(NC)c2)nc1. The summed E-state index contributed by atoms with van der Waals surface area (Å²) in [5, 5.41) is 12.4. The summed E-state index contributed by atoms with van der Waals surface area (Å²) in [5.74, 6) is -1.22. The van der Waals surface area contributed by atoms with Crippen molar-refractivity contribution in [3.63, 3.8) is 0 Å². The predicted molar refractivity (Wildman–Crippen MR) is 90.7 cm³/mol. The van der Waals surface area contributed by atoms with Crippen LogP contribution in [-0.4, -0.2) is 35.8 Å². The van der Waals surface area contributed by atoms with Crippen molar-refractivity contribution in [2.24, 2.45) is 0 Å². The fraction of sp³-hybridized carbons (Fsp3) is 0.333. The number of aliphatic carboxylic acids is 1. The number of nitrogens with zero attached hydrogens (tertiary/aromatic N) is 1. The van der Waals surface area contributed by atoms with Gasteiger partial charge in [-0.25, -0.2) is 4.79 Å². The average Bonchev–Trinajstić information content (AvgIpc) is 2.59. The van der Waals surface area contributed by atoms with E-state index in [1.807, 2.05) is 50.4 Å². The van der Waals surface area contributed by atoms with Crippen LogP contribution in [0.2, 0.25) is 0 Å². The molecule has 5 heteroatoms. The molecule has 0 aliphatic carbocycles. The van der Waals surface area contributed by atoms with Crippen molar-refractivity contribution in [1.82, 2.24) is 4.98 Å². The Hall–Kier alpha value is -2.40. The van der Waals surface area contributed by atoms with E-state index < -0.39 is 12.1 Å². The number of carboxylic acid groups (broad SMARTS) is 1. The van der Waals surface area contributed by atoms with Gasteiger partial charge in [-0.3, -0.25) is 4.98 Å². The Bertz CT molecular complexity index is 656. The Balaban J connectivity index is 2.22. The number of hydrogen-bond acceptors (Lipinski definition) is 4. The Morgan fingerprint density at radius 1 is 1.35 bits per heavy atom. The van der Waals surface area contributed by atoms with E-state index in [0.29, 0.717) is 6.61 Å². The molecule has 0 spiro atoms. The summed E-state index contributed by atoms with van der Waals surface area (Å²) < 4.78 is 5.33. The first kappa shape index (κ1) is 17.0. The van der Waals surface area contributed by atoms with Crippen molar-refractivity contribution in [3.05, 3.63) is 48.2 Å². The van der Waals surface area contributed by atoms with E-state index in [4.69, 9.17) is 4.74 Å². The molecule has 0 amide bonds. The standard InChI is InChI=1S/C18H22N2O3/c1-4-23-17(18(21)22)12(2)14-8-9-16(20-11-14)13-6-5-7-15(10-13)19-3/h5-12,17,19H,4H2,1-3H3,(H,21,22)/t12?,17-/m0/s1. The molecule has 5 nitrogen and oxygen atoms in total. The minimum absolute atomic E-state index is 0.266. The molecule has 2 aromatic rings. The number of aromatic nitrogens is 1. The summed E-state index contributed by atoms with van der Waals surface area (Å²) in [5.41, 5.74) is 3.72. The summed E-state index contributed by atoms with van der Waals surface area (Å²) in [4.78, 5) is 15.8. The molecule has 2 N–H and O–H groups in total. The highest BCUT2D eigenvalue weighted by Gasteiger charge is 2.26. The molecule has 0 fully saturated rings. The number of rotatable bonds is 7. The molecule has 23 heavy (non-hydrogen) atoms. The molecule has 1 heterocycles. The van der Waals surface area contributed by atoms with Crippen molar-refractivity contribution in [2.45, 2.75) is 25.9 Å². The van der Waals surface area contributed by atoms with Gasteiger partial charge in [0.1, 0.15) is 0 Å². The first-order valence-electron chi connectivity index (χ1n) is 7.65. The summed E-state index contributed by atoms with van der Waals surface area (Å²) in [6.45, 7) is 4.00. The number of pyridine rings is 1. The van der Waals surface area contributed by atoms with Gasteiger partial charge in [-0.2, -0.15) is 0 Å².